The quantitative estimate of drug-likeness (QED) is 0.668. The molecule has 4 atom stereocenters. The molecule has 2 amide bonds. The number of amides is 2. The van der Waals surface area contributed by atoms with Gasteiger partial charge in [0, 0.05) is 24.8 Å². The van der Waals surface area contributed by atoms with E-state index in [4.69, 9.17) is 0 Å². The van der Waals surface area contributed by atoms with Crippen LogP contribution >= 0.6 is 0 Å². The minimum absolute atomic E-state index is 0.0147. The zero-order chi connectivity index (χ0) is 13.1. The van der Waals surface area contributed by atoms with Gasteiger partial charge in [0.2, 0.25) is 0 Å². The lowest BCUT2D eigenvalue weighted by atomic mass is 9.74. The summed E-state index contributed by atoms with van der Waals surface area (Å²) in [5, 5.41) is 5.92. The summed E-state index contributed by atoms with van der Waals surface area (Å²) in [5.74, 6) is 1.84. The molecule has 2 bridgehead atoms. The van der Waals surface area contributed by atoms with E-state index < -0.39 is 0 Å². The molecular weight excluding hydrogens is 226 g/mol. The summed E-state index contributed by atoms with van der Waals surface area (Å²) >= 11 is 0. The van der Waals surface area contributed by atoms with Gasteiger partial charge in [0.15, 0.2) is 0 Å². The molecule has 3 saturated heterocycles. The highest BCUT2D eigenvalue weighted by Gasteiger charge is 2.42. The Hall–Kier alpha value is -0.770. The van der Waals surface area contributed by atoms with E-state index in [9.17, 15) is 4.79 Å². The van der Waals surface area contributed by atoms with Gasteiger partial charge in [-0.1, -0.05) is 6.92 Å². The molecule has 0 spiro atoms. The van der Waals surface area contributed by atoms with Crippen LogP contribution in [0.2, 0.25) is 0 Å². The number of hydrogen-bond acceptors (Lipinski definition) is 1. The molecule has 4 heteroatoms. The lowest BCUT2D eigenvalue weighted by molar-refractivity contribution is -0.945. The topological polar surface area (TPSA) is 45.6 Å². The maximum absolute atomic E-state index is 11.6. The number of carbonyl (C=O) groups is 1. The van der Waals surface area contributed by atoms with Gasteiger partial charge in [-0.15, -0.1) is 0 Å². The highest BCUT2D eigenvalue weighted by molar-refractivity contribution is 5.74. The van der Waals surface area contributed by atoms with Crippen LogP contribution in [0.5, 0.6) is 0 Å². The molecule has 0 aromatic carbocycles. The van der Waals surface area contributed by atoms with Crippen molar-refractivity contribution < 1.29 is 9.69 Å². The molecule has 3 aliphatic heterocycles. The third-order valence-electron chi connectivity index (χ3n) is 4.65. The van der Waals surface area contributed by atoms with E-state index in [1.54, 1.807) is 4.90 Å². The van der Waals surface area contributed by atoms with E-state index in [1.165, 1.54) is 32.4 Å². The van der Waals surface area contributed by atoms with Gasteiger partial charge in [-0.05, 0) is 26.2 Å². The van der Waals surface area contributed by atoms with E-state index in [0.717, 1.165) is 18.4 Å². The summed E-state index contributed by atoms with van der Waals surface area (Å²) in [6, 6.07) is 0.841. The van der Waals surface area contributed by atoms with E-state index in [2.05, 4.69) is 17.6 Å². The predicted octanol–water partition coefficient (Wildman–Crippen LogP) is 0.397. The largest absolute Gasteiger partial charge is 0.336 e. The third kappa shape index (κ3) is 3.16. The Labute approximate surface area is 110 Å². The van der Waals surface area contributed by atoms with Crippen LogP contribution in [0.1, 0.15) is 40.0 Å². The molecule has 0 saturated carbocycles. The van der Waals surface area contributed by atoms with E-state index in [1.807, 2.05) is 13.8 Å². The summed E-state index contributed by atoms with van der Waals surface area (Å²) in [6.45, 7) is 9.75. The van der Waals surface area contributed by atoms with Gasteiger partial charge < -0.3 is 15.5 Å². The molecule has 104 valence electrons. The molecule has 1 unspecified atom stereocenters. The van der Waals surface area contributed by atoms with E-state index in [-0.39, 0.29) is 12.1 Å². The number of fused-ring (bicyclic) bond motifs is 3. The highest BCUT2D eigenvalue weighted by Crippen LogP contribution is 2.28. The molecule has 0 aromatic rings. The number of carbonyl (C=O) groups excluding carboxylic acids is 1. The number of piperidine rings is 3. The van der Waals surface area contributed by atoms with Crippen LogP contribution in [0.4, 0.5) is 4.79 Å². The van der Waals surface area contributed by atoms with Crippen molar-refractivity contribution in [3.63, 3.8) is 0 Å². The summed E-state index contributed by atoms with van der Waals surface area (Å²) in [5.41, 5.74) is 0. The Bertz CT molecular complexity index is 293. The molecule has 3 fully saturated rings. The Kier molecular flexibility index (Phi) is 4.49. The van der Waals surface area contributed by atoms with Gasteiger partial charge in [-0.25, -0.2) is 4.79 Å². The Morgan fingerprint density at radius 1 is 1.44 bits per heavy atom. The minimum Gasteiger partial charge on any atom is -0.336 e. The molecule has 3 rings (SSSR count). The first kappa shape index (κ1) is 13.7. The first-order valence-corrected chi connectivity index (χ1v) is 7.49. The van der Waals surface area contributed by atoms with Crippen LogP contribution in [0.3, 0.4) is 0 Å². The molecule has 3 N–H and O–H groups in total. The summed E-state index contributed by atoms with van der Waals surface area (Å²) in [4.78, 5) is 13.3. The van der Waals surface area contributed by atoms with Crippen molar-refractivity contribution in [3.8, 4) is 0 Å². The second-order valence-corrected chi connectivity index (χ2v) is 6.27. The molecular formula is C14H28N3O+. The first-order chi connectivity index (χ1) is 8.60. The van der Waals surface area contributed by atoms with Crippen molar-refractivity contribution in [2.24, 2.45) is 11.8 Å². The van der Waals surface area contributed by atoms with Crippen molar-refractivity contribution in [3.05, 3.63) is 0 Å². The van der Waals surface area contributed by atoms with Crippen LogP contribution in [0.15, 0.2) is 0 Å². The molecule has 0 radical (unpaired) electrons. The lowest BCUT2D eigenvalue weighted by Gasteiger charge is -2.46. The second-order valence-electron chi connectivity index (χ2n) is 6.27. The Morgan fingerprint density at radius 2 is 2.22 bits per heavy atom. The van der Waals surface area contributed by atoms with Crippen molar-refractivity contribution in [1.82, 2.24) is 10.6 Å². The second kappa shape index (κ2) is 5.91. The first-order valence-electron chi connectivity index (χ1n) is 7.49. The summed E-state index contributed by atoms with van der Waals surface area (Å²) < 4.78 is 0. The van der Waals surface area contributed by atoms with Crippen molar-refractivity contribution in [2.45, 2.75) is 52.1 Å². The van der Waals surface area contributed by atoms with Gasteiger partial charge in [0.05, 0.1) is 19.6 Å². The normalized spacial score (nSPS) is 34.7. The van der Waals surface area contributed by atoms with Crippen molar-refractivity contribution >= 4 is 6.03 Å². The lowest BCUT2D eigenvalue weighted by Crippen LogP contribution is -3.20. The zero-order valence-corrected chi connectivity index (χ0v) is 12.0. The molecule has 0 aliphatic carbocycles. The van der Waals surface area contributed by atoms with Gasteiger partial charge in [-0.2, -0.15) is 0 Å². The smallest absolute Gasteiger partial charge is 0.315 e. The van der Waals surface area contributed by atoms with Gasteiger partial charge in [0.1, 0.15) is 6.04 Å². The molecule has 3 aliphatic rings. The fourth-order valence-corrected chi connectivity index (χ4v) is 3.66. The fourth-order valence-electron chi connectivity index (χ4n) is 3.66. The number of nitrogens with one attached hydrogen (secondary N) is 3. The highest BCUT2D eigenvalue weighted by atomic mass is 16.2. The SMILES string of the molecule is CC[C@H]1C[NH+]2CC[C@@H]1C[C@@H]2CNC(=O)NC(C)C. The van der Waals surface area contributed by atoms with Crippen LogP contribution in [0.25, 0.3) is 0 Å². The maximum Gasteiger partial charge on any atom is 0.315 e. The Morgan fingerprint density at radius 3 is 2.78 bits per heavy atom. The maximum atomic E-state index is 11.6. The average molecular weight is 254 g/mol. The average Bonchev–Trinajstić information content (AvgIpc) is 2.36. The van der Waals surface area contributed by atoms with Gasteiger partial charge in [0.25, 0.3) is 0 Å². The van der Waals surface area contributed by atoms with Crippen LogP contribution in [-0.4, -0.2) is 37.7 Å². The molecule has 3 heterocycles. The van der Waals surface area contributed by atoms with Crippen LogP contribution < -0.4 is 15.5 Å². The van der Waals surface area contributed by atoms with Crippen LogP contribution in [-0.2, 0) is 0 Å². The number of urea groups is 1. The number of rotatable bonds is 4. The minimum atomic E-state index is -0.0147. The van der Waals surface area contributed by atoms with Crippen molar-refractivity contribution in [1.29, 1.82) is 0 Å². The molecule has 4 nitrogen and oxygen atoms in total. The fraction of sp³-hybridized carbons (Fsp3) is 0.929. The zero-order valence-electron chi connectivity index (χ0n) is 12.0. The van der Waals surface area contributed by atoms with E-state index >= 15 is 0 Å². The van der Waals surface area contributed by atoms with Crippen LogP contribution in [0, 0.1) is 11.8 Å². The monoisotopic (exact) mass is 254 g/mol. The third-order valence-corrected chi connectivity index (χ3v) is 4.65. The standard InChI is InChI=1S/C14H27N3O/c1-4-11-9-17-6-5-12(11)7-13(17)8-15-14(18)16-10(2)3/h10-13H,4-9H2,1-3H3,(H2,15,16,18)/p+1/t11-,12+,13+/m0/s1. The van der Waals surface area contributed by atoms with Crippen molar-refractivity contribution in [2.75, 3.05) is 19.6 Å². The van der Waals surface area contributed by atoms with Gasteiger partial charge in [-0.3, -0.25) is 0 Å². The van der Waals surface area contributed by atoms with Gasteiger partial charge >= 0.3 is 6.03 Å². The summed E-state index contributed by atoms with van der Waals surface area (Å²) in [7, 11) is 0. The number of hydrogen-bond donors (Lipinski definition) is 3. The molecule has 0 aromatic heterocycles. The predicted molar refractivity (Wildman–Crippen MR) is 72.7 cm³/mol. The Balaban J connectivity index is 1.77. The number of quaternary nitrogens is 1. The van der Waals surface area contributed by atoms with E-state index in [0.29, 0.717) is 6.04 Å². The molecule has 18 heavy (non-hydrogen) atoms. The summed E-state index contributed by atoms with van der Waals surface area (Å²) in [6.07, 6.45) is 4.01.